The molecule has 49 heavy (non-hydrogen) atoms. The third kappa shape index (κ3) is 4.44. The van der Waals surface area contributed by atoms with Crippen molar-refractivity contribution in [1.29, 1.82) is 0 Å². The molecule has 0 saturated carbocycles. The Kier molecular flexibility index (Phi) is 6.18. The molecule has 0 aliphatic rings. The van der Waals surface area contributed by atoms with E-state index in [0.29, 0.717) is 5.82 Å². The Morgan fingerprint density at radius 3 is 1.73 bits per heavy atom. The minimum absolute atomic E-state index is 0.706. The van der Waals surface area contributed by atoms with E-state index in [-0.39, 0.29) is 0 Å². The van der Waals surface area contributed by atoms with Crippen molar-refractivity contribution in [2.45, 2.75) is 0 Å². The van der Waals surface area contributed by atoms with Gasteiger partial charge in [0.2, 0.25) is 0 Å². The second-order valence-electron chi connectivity index (χ2n) is 12.6. The quantitative estimate of drug-likeness (QED) is 0.144. The first-order valence-corrected chi connectivity index (χ1v) is 16.7. The van der Waals surface area contributed by atoms with E-state index in [0.717, 1.165) is 33.8 Å². The summed E-state index contributed by atoms with van der Waals surface area (Å²) in [6.07, 6.45) is 0. The summed E-state index contributed by atoms with van der Waals surface area (Å²) in [6.45, 7) is 0. The van der Waals surface area contributed by atoms with Crippen molar-refractivity contribution < 1.29 is 0 Å². The first-order chi connectivity index (χ1) is 24.3. The second kappa shape index (κ2) is 11.0. The fourth-order valence-corrected chi connectivity index (χ4v) is 7.54. The zero-order chi connectivity index (χ0) is 32.3. The molecule has 8 aromatic carbocycles. The van der Waals surface area contributed by atoms with Gasteiger partial charge in [0.1, 0.15) is 0 Å². The number of nitrogens with zero attached hydrogens (tertiary/aromatic N) is 3. The lowest BCUT2D eigenvalue weighted by Gasteiger charge is -2.16. The highest BCUT2D eigenvalue weighted by Crippen LogP contribution is 2.40. The number of rotatable bonds is 4. The summed E-state index contributed by atoms with van der Waals surface area (Å²) in [5, 5.41) is 9.73. The summed E-state index contributed by atoms with van der Waals surface area (Å²) in [7, 11) is 0. The van der Waals surface area contributed by atoms with Crippen LogP contribution < -0.4 is 0 Å². The molecule has 0 N–H and O–H groups in total. The lowest BCUT2D eigenvalue weighted by atomic mass is 9.91. The van der Waals surface area contributed by atoms with Crippen LogP contribution in [0.15, 0.2) is 176 Å². The topological polar surface area (TPSA) is 30.7 Å². The first-order valence-electron chi connectivity index (χ1n) is 16.7. The number of hydrogen-bond acceptors (Lipinski definition) is 2. The summed E-state index contributed by atoms with van der Waals surface area (Å²) >= 11 is 0. The van der Waals surface area contributed by atoms with Crippen molar-refractivity contribution in [2.75, 3.05) is 0 Å². The average Bonchev–Trinajstić information content (AvgIpc) is 3.51. The molecular weight excluding hydrogens is 595 g/mol. The molecule has 0 amide bonds. The van der Waals surface area contributed by atoms with Gasteiger partial charge in [-0.2, -0.15) is 0 Å². The highest BCUT2D eigenvalue weighted by Gasteiger charge is 2.18. The standard InChI is InChI=1S/C46H29N3/c1-2-14-31(15-3-1)46-47-41(33-17-12-18-34(27-33)49-43-23-10-8-21-37(43)38-22-9-11-24-44(38)49)29-42(48-46)45-36-20-7-5-16-32(36)28-40-35-19-6-4-13-30(35)25-26-39(40)45/h1-29H. The fourth-order valence-electron chi connectivity index (χ4n) is 7.54. The molecule has 3 heteroatoms. The predicted molar refractivity (Wildman–Crippen MR) is 205 cm³/mol. The third-order valence-electron chi connectivity index (χ3n) is 9.76. The summed E-state index contributed by atoms with van der Waals surface area (Å²) in [5.74, 6) is 0.706. The van der Waals surface area contributed by atoms with Gasteiger partial charge in [0.15, 0.2) is 5.82 Å². The molecule has 0 saturated heterocycles. The van der Waals surface area contributed by atoms with E-state index in [9.17, 15) is 0 Å². The van der Waals surface area contributed by atoms with Crippen molar-refractivity contribution in [1.82, 2.24) is 14.5 Å². The van der Waals surface area contributed by atoms with Crippen molar-refractivity contribution in [3.63, 3.8) is 0 Å². The number of para-hydroxylation sites is 2. The second-order valence-corrected chi connectivity index (χ2v) is 12.6. The molecular formula is C46H29N3. The van der Waals surface area contributed by atoms with Crippen molar-refractivity contribution in [2.24, 2.45) is 0 Å². The molecule has 2 aromatic heterocycles. The molecule has 10 aromatic rings. The van der Waals surface area contributed by atoms with Crippen LogP contribution in [0, 0.1) is 0 Å². The van der Waals surface area contributed by atoms with Crippen LogP contribution in [0.3, 0.4) is 0 Å². The van der Waals surface area contributed by atoms with Crippen LogP contribution in [0.25, 0.3) is 93.7 Å². The molecule has 0 bridgehead atoms. The molecule has 0 atom stereocenters. The number of hydrogen-bond donors (Lipinski definition) is 0. The molecule has 228 valence electrons. The van der Waals surface area contributed by atoms with Gasteiger partial charge in [0.05, 0.1) is 22.4 Å². The first kappa shape index (κ1) is 27.5. The Hall–Kier alpha value is -6.58. The minimum atomic E-state index is 0.706. The Bertz CT molecular complexity index is 2830. The van der Waals surface area contributed by atoms with Gasteiger partial charge in [-0.25, -0.2) is 9.97 Å². The van der Waals surface area contributed by atoms with E-state index in [2.05, 4.69) is 162 Å². The van der Waals surface area contributed by atoms with Gasteiger partial charge < -0.3 is 4.57 Å². The molecule has 0 radical (unpaired) electrons. The number of benzene rings is 8. The molecule has 10 rings (SSSR count). The van der Waals surface area contributed by atoms with E-state index in [1.807, 2.05) is 18.2 Å². The van der Waals surface area contributed by atoms with E-state index >= 15 is 0 Å². The maximum atomic E-state index is 5.32. The van der Waals surface area contributed by atoms with Gasteiger partial charge in [-0.3, -0.25) is 0 Å². The number of aromatic nitrogens is 3. The van der Waals surface area contributed by atoms with Crippen LogP contribution >= 0.6 is 0 Å². The van der Waals surface area contributed by atoms with E-state index in [1.165, 1.54) is 54.1 Å². The van der Waals surface area contributed by atoms with Gasteiger partial charge in [-0.05, 0) is 68.7 Å². The van der Waals surface area contributed by atoms with Crippen LogP contribution in [0.1, 0.15) is 0 Å². The highest BCUT2D eigenvalue weighted by molar-refractivity contribution is 6.20. The fraction of sp³-hybridized carbons (Fsp3) is 0. The summed E-state index contributed by atoms with van der Waals surface area (Å²) in [4.78, 5) is 10.6. The van der Waals surface area contributed by atoms with Crippen LogP contribution in [0.4, 0.5) is 0 Å². The van der Waals surface area contributed by atoms with Gasteiger partial charge >= 0.3 is 0 Å². The van der Waals surface area contributed by atoms with E-state index in [4.69, 9.17) is 9.97 Å². The van der Waals surface area contributed by atoms with Crippen LogP contribution in [-0.2, 0) is 0 Å². The summed E-state index contributed by atoms with van der Waals surface area (Å²) in [5.41, 5.74) is 8.40. The number of fused-ring (bicyclic) bond motifs is 7. The smallest absolute Gasteiger partial charge is 0.160 e. The minimum Gasteiger partial charge on any atom is -0.309 e. The summed E-state index contributed by atoms with van der Waals surface area (Å²) < 4.78 is 2.36. The maximum Gasteiger partial charge on any atom is 0.160 e. The predicted octanol–water partition coefficient (Wildman–Crippen LogP) is 12.0. The molecule has 0 aliphatic carbocycles. The lowest BCUT2D eigenvalue weighted by Crippen LogP contribution is -1.98. The largest absolute Gasteiger partial charge is 0.309 e. The average molecular weight is 624 g/mol. The maximum absolute atomic E-state index is 5.32. The Morgan fingerprint density at radius 1 is 0.347 bits per heavy atom. The highest BCUT2D eigenvalue weighted by atomic mass is 15.0. The third-order valence-corrected chi connectivity index (χ3v) is 9.76. The Balaban J connectivity index is 1.25. The SMILES string of the molecule is c1ccc(-c2nc(-c3cccc(-n4c5ccccc5c5ccccc54)c3)cc(-c3c4ccccc4cc4c3ccc3ccccc34)n2)cc1. The van der Waals surface area contributed by atoms with E-state index in [1.54, 1.807) is 0 Å². The molecule has 0 aliphatic heterocycles. The van der Waals surface area contributed by atoms with Crippen LogP contribution in [0.5, 0.6) is 0 Å². The molecule has 3 nitrogen and oxygen atoms in total. The van der Waals surface area contributed by atoms with Crippen LogP contribution in [-0.4, -0.2) is 14.5 Å². The van der Waals surface area contributed by atoms with Crippen molar-refractivity contribution in [3.8, 4) is 39.6 Å². The Morgan fingerprint density at radius 2 is 0.959 bits per heavy atom. The van der Waals surface area contributed by atoms with Gasteiger partial charge in [-0.1, -0.05) is 140 Å². The van der Waals surface area contributed by atoms with Gasteiger partial charge in [-0.15, -0.1) is 0 Å². The monoisotopic (exact) mass is 623 g/mol. The molecule has 2 heterocycles. The normalized spacial score (nSPS) is 11.7. The summed E-state index contributed by atoms with van der Waals surface area (Å²) in [6, 6.07) is 62.6. The molecule has 0 unspecified atom stereocenters. The van der Waals surface area contributed by atoms with E-state index < -0.39 is 0 Å². The molecule has 0 fully saturated rings. The van der Waals surface area contributed by atoms with Crippen molar-refractivity contribution in [3.05, 3.63) is 176 Å². The lowest BCUT2D eigenvalue weighted by molar-refractivity contribution is 1.17. The van der Waals surface area contributed by atoms with Crippen LogP contribution in [0.2, 0.25) is 0 Å². The Labute approximate surface area is 283 Å². The van der Waals surface area contributed by atoms with Gasteiger partial charge in [0.25, 0.3) is 0 Å². The zero-order valence-corrected chi connectivity index (χ0v) is 26.6. The van der Waals surface area contributed by atoms with Gasteiger partial charge in [0, 0.05) is 33.2 Å². The zero-order valence-electron chi connectivity index (χ0n) is 26.6. The molecule has 0 spiro atoms. The van der Waals surface area contributed by atoms with Crippen molar-refractivity contribution >= 4 is 54.1 Å².